The zero-order chi connectivity index (χ0) is 22.9. The number of rotatable bonds is 9. The third-order valence-electron chi connectivity index (χ3n) is 5.41. The molecule has 0 aliphatic carbocycles. The second kappa shape index (κ2) is 13.1. The molecule has 0 radical (unpaired) electrons. The Labute approximate surface area is 212 Å². The number of hydrogen-bond acceptors (Lipinski definition) is 5. The van der Waals surface area contributed by atoms with E-state index in [1.54, 1.807) is 21.3 Å². The van der Waals surface area contributed by atoms with Gasteiger partial charge in [-0.2, -0.15) is 0 Å². The van der Waals surface area contributed by atoms with Crippen LogP contribution in [0.4, 0.5) is 5.69 Å². The van der Waals surface area contributed by atoms with Crippen LogP contribution in [-0.4, -0.2) is 52.8 Å². The van der Waals surface area contributed by atoms with Crippen molar-refractivity contribution in [3.63, 3.8) is 0 Å². The van der Waals surface area contributed by atoms with E-state index < -0.39 is 0 Å². The molecule has 2 aromatic carbocycles. The lowest BCUT2D eigenvalue weighted by molar-refractivity contribution is -0.116. The van der Waals surface area contributed by atoms with Gasteiger partial charge in [0.15, 0.2) is 5.96 Å². The summed E-state index contributed by atoms with van der Waals surface area (Å²) in [4.78, 5) is 16.8. The molecule has 1 aliphatic rings. The zero-order valence-electron chi connectivity index (χ0n) is 19.6. The minimum absolute atomic E-state index is 0. The third kappa shape index (κ3) is 6.89. The highest BCUT2D eigenvalue weighted by Gasteiger charge is 2.24. The number of carbonyl (C=O) groups excluding carboxylic acids is 1. The van der Waals surface area contributed by atoms with Crippen LogP contribution in [0.5, 0.6) is 17.2 Å². The van der Waals surface area contributed by atoms with Gasteiger partial charge in [-0.3, -0.25) is 9.79 Å². The largest absolute Gasteiger partial charge is 0.496 e. The summed E-state index contributed by atoms with van der Waals surface area (Å²) in [5.74, 6) is 2.91. The third-order valence-corrected chi connectivity index (χ3v) is 5.41. The molecule has 0 bridgehead atoms. The lowest BCUT2D eigenvalue weighted by Crippen LogP contribution is -2.39. The highest BCUT2D eigenvalue weighted by molar-refractivity contribution is 14.0. The van der Waals surface area contributed by atoms with Crippen LogP contribution < -0.4 is 30.2 Å². The molecule has 0 saturated carbocycles. The second-order valence-corrected chi connectivity index (χ2v) is 7.44. The van der Waals surface area contributed by atoms with Gasteiger partial charge in [0.05, 0.1) is 27.9 Å². The average molecular weight is 568 g/mol. The lowest BCUT2D eigenvalue weighted by Gasteiger charge is -2.24. The van der Waals surface area contributed by atoms with Crippen LogP contribution in [0, 0.1) is 0 Å². The van der Waals surface area contributed by atoms with E-state index in [-0.39, 0.29) is 35.8 Å². The Morgan fingerprint density at radius 3 is 2.42 bits per heavy atom. The summed E-state index contributed by atoms with van der Waals surface area (Å²) >= 11 is 0. The first-order chi connectivity index (χ1) is 15.6. The van der Waals surface area contributed by atoms with Crippen molar-refractivity contribution >= 4 is 41.5 Å². The van der Waals surface area contributed by atoms with Gasteiger partial charge in [0.25, 0.3) is 0 Å². The minimum Gasteiger partial charge on any atom is -0.496 e. The summed E-state index contributed by atoms with van der Waals surface area (Å²) < 4.78 is 16.4. The van der Waals surface area contributed by atoms with Crippen LogP contribution in [0.3, 0.4) is 0 Å². The molecule has 0 fully saturated rings. The summed E-state index contributed by atoms with van der Waals surface area (Å²) in [6.45, 7) is 3.92. The number of guanidine groups is 1. The van der Waals surface area contributed by atoms with Gasteiger partial charge in [0, 0.05) is 48.8 Å². The fourth-order valence-electron chi connectivity index (χ4n) is 3.84. The van der Waals surface area contributed by atoms with Crippen LogP contribution in [0.2, 0.25) is 0 Å². The number of para-hydroxylation sites is 1. The summed E-state index contributed by atoms with van der Waals surface area (Å²) in [7, 11) is 4.88. The van der Waals surface area contributed by atoms with Crippen molar-refractivity contribution in [1.82, 2.24) is 10.6 Å². The van der Waals surface area contributed by atoms with Crippen molar-refractivity contribution in [2.75, 3.05) is 46.3 Å². The van der Waals surface area contributed by atoms with Crippen LogP contribution in [0.15, 0.2) is 41.4 Å². The molecule has 1 heterocycles. The molecule has 0 aromatic heterocycles. The molecule has 1 amide bonds. The first-order valence-corrected chi connectivity index (χ1v) is 10.8. The Morgan fingerprint density at radius 2 is 1.79 bits per heavy atom. The van der Waals surface area contributed by atoms with Gasteiger partial charge in [-0.05, 0) is 25.0 Å². The number of nitrogens with zero attached hydrogens (tertiary/aromatic N) is 1. The molecule has 2 aromatic rings. The van der Waals surface area contributed by atoms with E-state index in [0.717, 1.165) is 34.9 Å². The number of amides is 1. The lowest BCUT2D eigenvalue weighted by atomic mass is 9.91. The molecule has 0 saturated heterocycles. The van der Waals surface area contributed by atoms with E-state index in [0.29, 0.717) is 37.6 Å². The first kappa shape index (κ1) is 26.6. The SMILES string of the molecule is CCNC(=NCC1CC(=O)Nc2ccccc21)NCCc1c(OC)cc(OC)cc1OC.I. The molecule has 0 spiro atoms. The molecule has 9 heteroatoms. The van der Waals surface area contributed by atoms with E-state index in [1.807, 2.05) is 37.3 Å². The van der Waals surface area contributed by atoms with Crippen molar-refractivity contribution in [1.29, 1.82) is 0 Å². The van der Waals surface area contributed by atoms with E-state index in [9.17, 15) is 4.79 Å². The number of halogens is 1. The number of anilines is 1. The van der Waals surface area contributed by atoms with Gasteiger partial charge in [0.1, 0.15) is 17.2 Å². The Balaban J connectivity index is 0.00000385. The maximum absolute atomic E-state index is 12.1. The Morgan fingerprint density at radius 1 is 1.09 bits per heavy atom. The molecule has 33 heavy (non-hydrogen) atoms. The number of hydrogen-bond donors (Lipinski definition) is 3. The molecule has 180 valence electrons. The summed E-state index contributed by atoms with van der Waals surface area (Å²) in [6, 6.07) is 11.6. The van der Waals surface area contributed by atoms with Gasteiger partial charge in [-0.1, -0.05) is 18.2 Å². The Kier molecular flexibility index (Phi) is 10.6. The Hall–Kier alpha value is -2.69. The molecule has 1 aliphatic heterocycles. The number of ether oxygens (including phenoxy) is 3. The predicted octanol–water partition coefficient (Wildman–Crippen LogP) is 3.55. The van der Waals surface area contributed by atoms with E-state index in [4.69, 9.17) is 19.2 Å². The number of carbonyl (C=O) groups is 1. The van der Waals surface area contributed by atoms with Crippen LogP contribution in [0.1, 0.15) is 30.4 Å². The topological polar surface area (TPSA) is 93.2 Å². The minimum atomic E-state index is 0. The van der Waals surface area contributed by atoms with Gasteiger partial charge < -0.3 is 30.2 Å². The van der Waals surface area contributed by atoms with Crippen molar-refractivity contribution in [3.8, 4) is 17.2 Å². The van der Waals surface area contributed by atoms with Gasteiger partial charge in [-0.25, -0.2) is 0 Å². The number of aliphatic imine (C=N–C) groups is 1. The average Bonchev–Trinajstić information content (AvgIpc) is 2.81. The summed E-state index contributed by atoms with van der Waals surface area (Å²) in [5, 5.41) is 9.58. The van der Waals surface area contributed by atoms with Gasteiger partial charge in [0.2, 0.25) is 5.91 Å². The van der Waals surface area contributed by atoms with Crippen LogP contribution in [-0.2, 0) is 11.2 Å². The number of fused-ring (bicyclic) bond motifs is 1. The fourth-order valence-corrected chi connectivity index (χ4v) is 3.84. The zero-order valence-corrected chi connectivity index (χ0v) is 21.9. The quantitative estimate of drug-likeness (QED) is 0.244. The smallest absolute Gasteiger partial charge is 0.225 e. The molecule has 1 atom stereocenters. The van der Waals surface area contributed by atoms with Crippen molar-refractivity contribution < 1.29 is 19.0 Å². The number of benzene rings is 2. The van der Waals surface area contributed by atoms with E-state index >= 15 is 0 Å². The van der Waals surface area contributed by atoms with Gasteiger partial charge >= 0.3 is 0 Å². The summed E-state index contributed by atoms with van der Waals surface area (Å²) in [5.41, 5.74) is 2.96. The van der Waals surface area contributed by atoms with E-state index in [1.165, 1.54) is 0 Å². The standard InChI is InChI=1S/C24H32N4O4.HI/c1-5-25-24(27-15-16-12-23(29)28-20-9-7-6-8-18(16)20)26-11-10-19-21(31-3)13-17(30-2)14-22(19)32-4;/h6-9,13-14,16H,5,10-12,15H2,1-4H3,(H,28,29)(H2,25,26,27);1H. The second-order valence-electron chi connectivity index (χ2n) is 7.44. The molecule has 8 nitrogen and oxygen atoms in total. The van der Waals surface area contributed by atoms with Crippen molar-refractivity contribution in [2.24, 2.45) is 4.99 Å². The molecular weight excluding hydrogens is 535 g/mol. The van der Waals surface area contributed by atoms with E-state index in [2.05, 4.69) is 22.0 Å². The first-order valence-electron chi connectivity index (χ1n) is 10.8. The molecule has 1 unspecified atom stereocenters. The maximum atomic E-state index is 12.1. The molecule has 3 rings (SSSR count). The molecule has 3 N–H and O–H groups in total. The predicted molar refractivity (Wildman–Crippen MR) is 142 cm³/mol. The van der Waals surface area contributed by atoms with Crippen LogP contribution in [0.25, 0.3) is 0 Å². The fraction of sp³-hybridized carbons (Fsp3) is 0.417. The van der Waals surface area contributed by atoms with Crippen molar-refractivity contribution in [2.45, 2.75) is 25.7 Å². The highest BCUT2D eigenvalue weighted by atomic mass is 127. The number of nitrogens with one attached hydrogen (secondary N) is 3. The highest BCUT2D eigenvalue weighted by Crippen LogP contribution is 2.34. The monoisotopic (exact) mass is 568 g/mol. The maximum Gasteiger partial charge on any atom is 0.225 e. The summed E-state index contributed by atoms with van der Waals surface area (Å²) in [6.07, 6.45) is 1.11. The number of methoxy groups -OCH3 is 3. The molecular formula is C24H33IN4O4. The van der Waals surface area contributed by atoms with Crippen LogP contribution >= 0.6 is 24.0 Å². The Bertz CT molecular complexity index is 942. The van der Waals surface area contributed by atoms with Gasteiger partial charge in [-0.15, -0.1) is 24.0 Å². The van der Waals surface area contributed by atoms with Crippen molar-refractivity contribution in [3.05, 3.63) is 47.5 Å². The normalized spacial score (nSPS) is 15.0.